The molecule has 2 N–H and O–H groups in total. The third-order valence-corrected chi connectivity index (χ3v) is 6.49. The van der Waals surface area contributed by atoms with E-state index in [0.29, 0.717) is 16.1 Å². The molecule has 4 heterocycles. The fourth-order valence-electron chi connectivity index (χ4n) is 3.97. The van der Waals surface area contributed by atoms with Gasteiger partial charge in [-0.25, -0.2) is 14.2 Å². The standard InChI is InChI=1S/C19H19FN6O3S/c1-26-8-22-16(23-18(26)28)9-2-4-11(13(27)6-9)17-24-25-19(30-17)29-15-10-3-5-12(14(15)20)21-7-10/h2,4,6,8,10,12,14-15,21,27H,3,5,7H2,1H3/t10-,12-,14+,15+/m1/s1. The number of piperidine rings is 2. The van der Waals surface area contributed by atoms with E-state index in [9.17, 15) is 14.3 Å². The number of fused-ring (bicyclic) bond motifs is 3. The van der Waals surface area contributed by atoms with Crippen LogP contribution in [-0.4, -0.2) is 54.7 Å². The molecule has 0 spiro atoms. The first kappa shape index (κ1) is 19.1. The number of nitrogens with one attached hydrogen (secondary N) is 1. The smallest absolute Gasteiger partial charge is 0.350 e. The molecule has 156 valence electrons. The second-order valence-corrected chi connectivity index (χ2v) is 8.50. The van der Waals surface area contributed by atoms with E-state index in [1.165, 1.54) is 17.0 Å². The van der Waals surface area contributed by atoms with Crippen LogP contribution in [0.1, 0.15) is 12.8 Å². The molecule has 2 aromatic heterocycles. The third kappa shape index (κ3) is 3.33. The number of benzene rings is 1. The molecule has 3 aliphatic rings. The minimum Gasteiger partial charge on any atom is -0.507 e. The summed E-state index contributed by atoms with van der Waals surface area (Å²) in [4.78, 5) is 19.7. The monoisotopic (exact) mass is 430 g/mol. The van der Waals surface area contributed by atoms with E-state index in [1.807, 2.05) is 0 Å². The lowest BCUT2D eigenvalue weighted by molar-refractivity contribution is -0.0331. The van der Waals surface area contributed by atoms with Gasteiger partial charge in [-0.2, -0.15) is 4.98 Å². The summed E-state index contributed by atoms with van der Waals surface area (Å²) in [6, 6.07) is 4.64. The summed E-state index contributed by atoms with van der Waals surface area (Å²) in [6.07, 6.45) is 1.53. The fourth-order valence-corrected chi connectivity index (χ4v) is 4.74. The number of hydrogen-bond acceptors (Lipinski definition) is 9. The van der Waals surface area contributed by atoms with Crippen molar-refractivity contribution in [3.63, 3.8) is 0 Å². The number of aromatic nitrogens is 5. The molecule has 9 nitrogen and oxygen atoms in total. The predicted octanol–water partition coefficient (Wildman–Crippen LogP) is 1.53. The zero-order chi connectivity index (χ0) is 20.8. The maximum Gasteiger partial charge on any atom is 0.350 e. The van der Waals surface area contributed by atoms with Crippen molar-refractivity contribution in [1.82, 2.24) is 30.0 Å². The Bertz CT molecular complexity index is 1140. The molecule has 6 rings (SSSR count). The van der Waals surface area contributed by atoms with Crippen LogP contribution in [0.15, 0.2) is 29.3 Å². The van der Waals surface area contributed by atoms with E-state index in [4.69, 9.17) is 4.74 Å². The average Bonchev–Trinajstić information content (AvgIpc) is 3.21. The van der Waals surface area contributed by atoms with E-state index in [-0.39, 0.29) is 28.7 Å². The number of aryl methyl sites for hydroxylation is 1. The molecule has 0 amide bonds. The Kier molecular flexibility index (Phi) is 4.70. The Morgan fingerprint density at radius 3 is 2.90 bits per heavy atom. The Hall–Kier alpha value is -2.92. The number of aromatic hydroxyl groups is 1. The molecule has 11 heteroatoms. The second-order valence-electron chi connectivity index (χ2n) is 7.56. The van der Waals surface area contributed by atoms with Gasteiger partial charge in [0.1, 0.15) is 18.2 Å². The maximum atomic E-state index is 14.6. The lowest BCUT2D eigenvalue weighted by Crippen LogP contribution is -2.61. The van der Waals surface area contributed by atoms with Crippen LogP contribution in [0.3, 0.4) is 0 Å². The van der Waals surface area contributed by atoms with Gasteiger partial charge < -0.3 is 15.2 Å². The summed E-state index contributed by atoms with van der Waals surface area (Å²) in [6.45, 7) is 0.744. The number of halogens is 1. The Labute approximate surface area is 174 Å². The van der Waals surface area contributed by atoms with Crippen molar-refractivity contribution in [2.45, 2.75) is 31.2 Å². The quantitative estimate of drug-likeness (QED) is 0.641. The van der Waals surface area contributed by atoms with Crippen LogP contribution in [0.4, 0.5) is 4.39 Å². The molecule has 4 atom stereocenters. The first-order chi connectivity index (χ1) is 14.5. The zero-order valence-corrected chi connectivity index (χ0v) is 16.8. The lowest BCUT2D eigenvalue weighted by atomic mass is 9.78. The zero-order valence-electron chi connectivity index (χ0n) is 16.0. The first-order valence-electron chi connectivity index (χ1n) is 9.60. The highest BCUT2D eigenvalue weighted by atomic mass is 32.1. The van der Waals surface area contributed by atoms with E-state index >= 15 is 0 Å². The van der Waals surface area contributed by atoms with E-state index < -0.39 is 18.0 Å². The maximum absolute atomic E-state index is 14.6. The van der Waals surface area contributed by atoms with Crippen molar-refractivity contribution in [3.05, 3.63) is 35.0 Å². The van der Waals surface area contributed by atoms with E-state index in [2.05, 4.69) is 25.5 Å². The average molecular weight is 430 g/mol. The van der Waals surface area contributed by atoms with Crippen LogP contribution in [0, 0.1) is 5.92 Å². The van der Waals surface area contributed by atoms with Gasteiger partial charge in [0, 0.05) is 31.1 Å². The molecule has 30 heavy (non-hydrogen) atoms. The van der Waals surface area contributed by atoms with Crippen LogP contribution in [0.2, 0.25) is 0 Å². The van der Waals surface area contributed by atoms with Gasteiger partial charge in [0.25, 0.3) is 5.19 Å². The third-order valence-electron chi connectivity index (χ3n) is 5.64. The van der Waals surface area contributed by atoms with Gasteiger partial charge in [0.05, 0.1) is 5.56 Å². The molecule has 1 aromatic carbocycles. The highest BCUT2D eigenvalue weighted by Gasteiger charge is 2.46. The van der Waals surface area contributed by atoms with Gasteiger partial charge in [-0.15, -0.1) is 5.10 Å². The van der Waals surface area contributed by atoms with Crippen molar-refractivity contribution >= 4 is 11.3 Å². The topological polar surface area (TPSA) is 115 Å². The second kappa shape index (κ2) is 7.40. The van der Waals surface area contributed by atoms with Crippen molar-refractivity contribution in [2.24, 2.45) is 13.0 Å². The molecule has 1 saturated carbocycles. The molecule has 0 unspecified atom stereocenters. The van der Waals surface area contributed by atoms with Gasteiger partial charge >= 0.3 is 5.69 Å². The van der Waals surface area contributed by atoms with Gasteiger partial charge in [-0.05, 0) is 25.0 Å². The van der Waals surface area contributed by atoms with Gasteiger partial charge in [-0.3, -0.25) is 4.57 Å². The number of phenols is 1. The molecule has 2 bridgehead atoms. The number of hydrogen-bond donors (Lipinski definition) is 2. The minimum atomic E-state index is -1.07. The van der Waals surface area contributed by atoms with E-state index in [1.54, 1.807) is 19.2 Å². The summed E-state index contributed by atoms with van der Waals surface area (Å²) in [5.74, 6) is 0.281. The van der Waals surface area contributed by atoms with Crippen LogP contribution in [0.5, 0.6) is 10.9 Å². The minimum absolute atomic E-state index is 0.0521. The van der Waals surface area contributed by atoms with Gasteiger partial charge in [-0.1, -0.05) is 22.5 Å². The van der Waals surface area contributed by atoms with Crippen molar-refractivity contribution in [2.75, 3.05) is 6.54 Å². The highest BCUT2D eigenvalue weighted by molar-refractivity contribution is 7.16. The molecule has 2 aliphatic heterocycles. The highest BCUT2D eigenvalue weighted by Crippen LogP contribution is 2.39. The Morgan fingerprint density at radius 2 is 2.20 bits per heavy atom. The molecule has 3 fully saturated rings. The summed E-state index contributed by atoms with van der Waals surface area (Å²) in [5.41, 5.74) is 0.520. The SMILES string of the molecule is Cn1cnc(-c2ccc(-c3nnc(O[C@H]4[C@@H]5CC[C@@H](NC5)[C@@H]4F)s3)c(O)c2)nc1=O. The lowest BCUT2D eigenvalue weighted by Gasteiger charge is -2.44. The van der Waals surface area contributed by atoms with Gasteiger partial charge in [0.2, 0.25) is 0 Å². The molecular formula is C19H19FN6O3S. The largest absolute Gasteiger partial charge is 0.507 e. The summed E-state index contributed by atoms with van der Waals surface area (Å²) < 4.78 is 21.7. The van der Waals surface area contributed by atoms with Crippen LogP contribution in [0.25, 0.3) is 22.0 Å². The first-order valence-corrected chi connectivity index (χ1v) is 10.4. The van der Waals surface area contributed by atoms with Gasteiger partial charge in [0.15, 0.2) is 17.0 Å². The number of ether oxygens (including phenoxy) is 1. The normalized spacial score (nSPS) is 25.4. The van der Waals surface area contributed by atoms with Crippen LogP contribution >= 0.6 is 11.3 Å². The van der Waals surface area contributed by atoms with Crippen molar-refractivity contribution in [1.29, 1.82) is 0 Å². The van der Waals surface area contributed by atoms with Crippen LogP contribution in [-0.2, 0) is 7.05 Å². The summed E-state index contributed by atoms with van der Waals surface area (Å²) >= 11 is 1.15. The molecule has 0 radical (unpaired) electrons. The Morgan fingerprint density at radius 1 is 1.33 bits per heavy atom. The number of nitrogens with zero attached hydrogens (tertiary/aromatic N) is 5. The van der Waals surface area contributed by atoms with E-state index in [0.717, 1.165) is 30.7 Å². The molecule has 2 saturated heterocycles. The fraction of sp³-hybridized carbons (Fsp3) is 0.421. The molecular weight excluding hydrogens is 411 g/mol. The number of alkyl halides is 1. The summed E-state index contributed by atoms with van der Waals surface area (Å²) in [7, 11) is 1.56. The Balaban J connectivity index is 1.37. The van der Waals surface area contributed by atoms with Crippen molar-refractivity contribution in [3.8, 4) is 32.9 Å². The number of phenolic OH excluding ortho intramolecular Hbond substituents is 1. The predicted molar refractivity (Wildman–Crippen MR) is 107 cm³/mol. The summed E-state index contributed by atoms with van der Waals surface area (Å²) in [5, 5.41) is 22.5. The molecule has 1 aliphatic carbocycles. The molecule has 3 aromatic rings. The number of rotatable bonds is 4. The van der Waals surface area contributed by atoms with Crippen LogP contribution < -0.4 is 15.7 Å². The van der Waals surface area contributed by atoms with Crippen molar-refractivity contribution < 1.29 is 14.2 Å².